The molecule has 2 saturated heterocycles. The molecule has 2 aliphatic rings. The van der Waals surface area contributed by atoms with Gasteiger partial charge < -0.3 is 26.0 Å². The van der Waals surface area contributed by atoms with Crippen molar-refractivity contribution < 1.29 is 23.9 Å². The van der Waals surface area contributed by atoms with Crippen molar-refractivity contribution in [1.82, 2.24) is 16.0 Å². The van der Waals surface area contributed by atoms with Gasteiger partial charge in [-0.3, -0.25) is 19.7 Å². The van der Waals surface area contributed by atoms with Crippen LogP contribution in [0.1, 0.15) is 23.7 Å². The molecule has 2 heterocycles. The Morgan fingerprint density at radius 3 is 2.51 bits per heavy atom. The number of hydrogen-bond donors (Lipinski definition) is 5. The molecule has 2 aromatic rings. The monoisotopic (exact) mass is 519 g/mol. The lowest BCUT2D eigenvalue weighted by Crippen LogP contribution is -2.72. The Bertz CT molecular complexity index is 1160. The molecular formula is C23H23Cl2N5O5. The molecule has 2 aliphatic heterocycles. The molecule has 0 spiro atoms. The molecular weight excluding hydrogens is 497 g/mol. The van der Waals surface area contributed by atoms with E-state index in [1.165, 1.54) is 12.1 Å². The molecule has 4 atom stereocenters. The quantitative estimate of drug-likeness (QED) is 0.369. The molecule has 0 saturated carbocycles. The second-order valence-corrected chi connectivity index (χ2v) is 8.89. The lowest BCUT2D eigenvalue weighted by Gasteiger charge is -2.43. The maximum Gasteiger partial charge on any atom is 0.338 e. The van der Waals surface area contributed by atoms with Crippen LogP contribution >= 0.6 is 23.2 Å². The Kier molecular flexibility index (Phi) is 7.44. The molecule has 3 amide bonds. The van der Waals surface area contributed by atoms with Crippen molar-refractivity contribution in [1.29, 1.82) is 0 Å². The van der Waals surface area contributed by atoms with E-state index in [1.807, 2.05) is 0 Å². The van der Waals surface area contributed by atoms with Crippen molar-refractivity contribution in [3.8, 4) is 0 Å². The summed E-state index contributed by atoms with van der Waals surface area (Å²) in [5.74, 6) is -3.48. The van der Waals surface area contributed by atoms with Crippen molar-refractivity contribution in [2.24, 2.45) is 11.8 Å². The predicted octanol–water partition coefficient (Wildman–Crippen LogP) is 2.30. The summed E-state index contributed by atoms with van der Waals surface area (Å²) in [6, 6.07) is 11.0. The minimum Gasteiger partial charge on any atom is -0.462 e. The SMILES string of the molecule is CCOC(=O)c1ccc(NC(=O)C2CC(=O)NC3NC(Nc4ccc(Cl)cc4Cl)NC(=O)C32)cc1. The van der Waals surface area contributed by atoms with Gasteiger partial charge in [0, 0.05) is 17.1 Å². The summed E-state index contributed by atoms with van der Waals surface area (Å²) in [5.41, 5.74) is 1.29. The van der Waals surface area contributed by atoms with Crippen LogP contribution in [-0.2, 0) is 19.1 Å². The first-order chi connectivity index (χ1) is 16.7. The number of esters is 1. The number of rotatable bonds is 6. The van der Waals surface area contributed by atoms with Gasteiger partial charge in [-0.15, -0.1) is 0 Å². The van der Waals surface area contributed by atoms with Crippen molar-refractivity contribution in [2.75, 3.05) is 17.2 Å². The van der Waals surface area contributed by atoms with Crippen LogP contribution in [0.5, 0.6) is 0 Å². The van der Waals surface area contributed by atoms with E-state index >= 15 is 0 Å². The zero-order valence-electron chi connectivity index (χ0n) is 18.6. The van der Waals surface area contributed by atoms with Crippen LogP contribution in [0.3, 0.4) is 0 Å². The van der Waals surface area contributed by atoms with Gasteiger partial charge in [0.25, 0.3) is 0 Å². The molecule has 0 bridgehead atoms. The molecule has 4 unspecified atom stereocenters. The van der Waals surface area contributed by atoms with Crippen molar-refractivity contribution in [3.05, 3.63) is 58.1 Å². The number of carbonyl (C=O) groups is 4. The third-order valence-electron chi connectivity index (χ3n) is 5.68. The van der Waals surface area contributed by atoms with E-state index in [2.05, 4.69) is 26.6 Å². The zero-order chi connectivity index (χ0) is 25.1. The Labute approximate surface area is 211 Å². The lowest BCUT2D eigenvalue weighted by molar-refractivity contribution is -0.144. The summed E-state index contributed by atoms with van der Waals surface area (Å²) in [5, 5.41) is 15.2. The first-order valence-electron chi connectivity index (χ1n) is 10.9. The van der Waals surface area contributed by atoms with E-state index in [0.29, 0.717) is 27.0 Å². The fourth-order valence-corrected chi connectivity index (χ4v) is 4.52. The first-order valence-corrected chi connectivity index (χ1v) is 11.7. The van der Waals surface area contributed by atoms with Gasteiger partial charge in [-0.25, -0.2) is 4.79 Å². The fraction of sp³-hybridized carbons (Fsp3) is 0.304. The van der Waals surface area contributed by atoms with E-state index in [1.54, 1.807) is 37.3 Å². The largest absolute Gasteiger partial charge is 0.462 e. The van der Waals surface area contributed by atoms with E-state index in [9.17, 15) is 19.2 Å². The maximum atomic E-state index is 13.0. The Morgan fingerprint density at radius 1 is 1.09 bits per heavy atom. The third-order valence-corrected chi connectivity index (χ3v) is 6.23. The number of piperidine rings is 1. The first kappa shape index (κ1) is 24.8. The van der Waals surface area contributed by atoms with Crippen LogP contribution in [0.4, 0.5) is 11.4 Å². The number of fused-ring (bicyclic) bond motifs is 1. The number of anilines is 2. The molecule has 12 heteroatoms. The molecule has 0 aliphatic carbocycles. The smallest absolute Gasteiger partial charge is 0.338 e. The highest BCUT2D eigenvalue weighted by atomic mass is 35.5. The Balaban J connectivity index is 1.44. The Morgan fingerprint density at radius 2 is 1.83 bits per heavy atom. The van der Waals surface area contributed by atoms with Crippen LogP contribution in [0.25, 0.3) is 0 Å². The van der Waals surface area contributed by atoms with Gasteiger partial charge in [-0.05, 0) is 49.4 Å². The highest BCUT2D eigenvalue weighted by molar-refractivity contribution is 6.36. The highest BCUT2D eigenvalue weighted by Gasteiger charge is 2.48. The molecule has 35 heavy (non-hydrogen) atoms. The van der Waals surface area contributed by atoms with Gasteiger partial charge in [0.1, 0.15) is 0 Å². The minimum absolute atomic E-state index is 0.149. The average molecular weight is 520 g/mol. The number of nitrogens with one attached hydrogen (secondary N) is 5. The molecule has 0 radical (unpaired) electrons. The normalized spacial score (nSPS) is 23.4. The molecule has 5 N–H and O–H groups in total. The summed E-state index contributed by atoms with van der Waals surface area (Å²) in [4.78, 5) is 50.2. The predicted molar refractivity (Wildman–Crippen MR) is 130 cm³/mol. The van der Waals surface area contributed by atoms with E-state index in [0.717, 1.165) is 0 Å². The Hall–Kier alpha value is -3.34. The molecule has 10 nitrogen and oxygen atoms in total. The second-order valence-electron chi connectivity index (χ2n) is 8.05. The van der Waals surface area contributed by atoms with E-state index < -0.39 is 42.1 Å². The fourth-order valence-electron chi connectivity index (χ4n) is 4.05. The summed E-state index contributed by atoms with van der Waals surface area (Å²) >= 11 is 12.1. The van der Waals surface area contributed by atoms with Crippen molar-refractivity contribution in [2.45, 2.75) is 25.8 Å². The van der Waals surface area contributed by atoms with Gasteiger partial charge in [-0.2, -0.15) is 0 Å². The molecule has 2 aromatic carbocycles. The number of carbonyl (C=O) groups excluding carboxylic acids is 4. The lowest BCUT2D eigenvalue weighted by atomic mass is 9.81. The summed E-state index contributed by atoms with van der Waals surface area (Å²) < 4.78 is 4.94. The maximum absolute atomic E-state index is 13.0. The molecule has 4 rings (SSSR count). The summed E-state index contributed by atoms with van der Waals surface area (Å²) in [6.07, 6.45) is -1.68. The van der Waals surface area contributed by atoms with Crippen LogP contribution < -0.4 is 26.6 Å². The highest BCUT2D eigenvalue weighted by Crippen LogP contribution is 2.30. The van der Waals surface area contributed by atoms with Crippen molar-refractivity contribution >= 4 is 58.3 Å². The standard InChI is InChI=1S/C23H23Cl2N5O5/c1-2-35-22(34)11-3-6-13(7-4-11)26-20(32)14-10-17(31)28-19-18(14)21(33)30-23(29-19)27-16-8-5-12(24)9-15(16)25/h3-9,14,18-19,23,27,29H,2,10H2,1H3,(H,26,32)(H,28,31)(H,30,33). The third kappa shape index (κ3) is 5.67. The molecule has 184 valence electrons. The van der Waals surface area contributed by atoms with Gasteiger partial charge in [0.05, 0.1) is 40.9 Å². The number of benzene rings is 2. The number of halogens is 2. The van der Waals surface area contributed by atoms with Crippen LogP contribution in [0.2, 0.25) is 10.0 Å². The van der Waals surface area contributed by atoms with Crippen LogP contribution in [0, 0.1) is 11.8 Å². The van der Waals surface area contributed by atoms with Gasteiger partial charge >= 0.3 is 5.97 Å². The van der Waals surface area contributed by atoms with Crippen LogP contribution in [-0.4, -0.2) is 42.8 Å². The summed E-state index contributed by atoms with van der Waals surface area (Å²) in [6.45, 7) is 1.96. The number of ether oxygens (including phenoxy) is 1. The molecule has 0 aromatic heterocycles. The molecule has 2 fully saturated rings. The van der Waals surface area contributed by atoms with Gasteiger partial charge in [0.15, 0.2) is 6.29 Å². The van der Waals surface area contributed by atoms with Crippen LogP contribution in [0.15, 0.2) is 42.5 Å². The number of amides is 3. The van der Waals surface area contributed by atoms with Gasteiger partial charge in [-0.1, -0.05) is 23.2 Å². The topological polar surface area (TPSA) is 138 Å². The van der Waals surface area contributed by atoms with E-state index in [4.69, 9.17) is 27.9 Å². The number of hydrogen-bond acceptors (Lipinski definition) is 7. The summed E-state index contributed by atoms with van der Waals surface area (Å²) in [7, 11) is 0. The van der Waals surface area contributed by atoms with E-state index in [-0.39, 0.29) is 18.9 Å². The van der Waals surface area contributed by atoms with Gasteiger partial charge in [0.2, 0.25) is 17.7 Å². The average Bonchev–Trinajstić information content (AvgIpc) is 2.80. The second kappa shape index (κ2) is 10.5. The minimum atomic E-state index is -0.911. The zero-order valence-corrected chi connectivity index (χ0v) is 20.1. The van der Waals surface area contributed by atoms with Crippen molar-refractivity contribution in [3.63, 3.8) is 0 Å².